The molecular formula is C15H20. The fraction of sp³-hybridized carbons (Fsp3) is 0.467. The first-order valence-corrected chi connectivity index (χ1v) is 6.04. The summed E-state index contributed by atoms with van der Waals surface area (Å²) in [5, 5.41) is 0. The van der Waals surface area contributed by atoms with E-state index in [9.17, 15) is 0 Å². The van der Waals surface area contributed by atoms with Crippen molar-refractivity contribution in [2.45, 2.75) is 39.0 Å². The molecule has 1 fully saturated rings. The lowest BCUT2D eigenvalue weighted by Gasteiger charge is -1.98. The molecule has 0 amide bonds. The van der Waals surface area contributed by atoms with Crippen molar-refractivity contribution in [2.24, 2.45) is 5.92 Å². The highest BCUT2D eigenvalue weighted by molar-refractivity contribution is 5.30. The van der Waals surface area contributed by atoms with Crippen LogP contribution in [0, 0.1) is 12.8 Å². The van der Waals surface area contributed by atoms with Crippen molar-refractivity contribution in [3.63, 3.8) is 0 Å². The normalized spacial score (nSPS) is 24.7. The Bertz CT molecular complexity index is 332. The summed E-state index contributed by atoms with van der Waals surface area (Å²) in [7, 11) is 0. The van der Waals surface area contributed by atoms with E-state index >= 15 is 0 Å². The molecule has 15 heavy (non-hydrogen) atoms. The highest BCUT2D eigenvalue weighted by atomic mass is 14.4. The van der Waals surface area contributed by atoms with Crippen molar-refractivity contribution in [3.05, 3.63) is 47.5 Å². The first-order valence-electron chi connectivity index (χ1n) is 6.04. The van der Waals surface area contributed by atoms with Crippen LogP contribution in [0.25, 0.3) is 0 Å². The molecule has 0 saturated heterocycles. The van der Waals surface area contributed by atoms with Gasteiger partial charge in [0.05, 0.1) is 0 Å². The van der Waals surface area contributed by atoms with Crippen LogP contribution in [0.5, 0.6) is 0 Å². The molecule has 0 N–H and O–H groups in total. The summed E-state index contributed by atoms with van der Waals surface area (Å²) in [6.07, 6.45) is 8.60. The predicted molar refractivity (Wildman–Crippen MR) is 66.1 cm³/mol. The smallest absolute Gasteiger partial charge is 0.00930 e. The summed E-state index contributed by atoms with van der Waals surface area (Å²) in [6.45, 7) is 4.38. The van der Waals surface area contributed by atoms with Crippen molar-refractivity contribution >= 4 is 0 Å². The van der Waals surface area contributed by atoms with Crippen LogP contribution in [0.1, 0.15) is 43.2 Å². The lowest BCUT2D eigenvalue weighted by Crippen LogP contribution is -1.81. The second-order valence-corrected chi connectivity index (χ2v) is 4.63. The monoisotopic (exact) mass is 200 g/mol. The number of aryl methyl sites for hydroxylation is 1. The third-order valence-corrected chi connectivity index (χ3v) is 3.18. The van der Waals surface area contributed by atoms with Gasteiger partial charge in [-0.15, -0.1) is 0 Å². The van der Waals surface area contributed by atoms with E-state index in [0.717, 1.165) is 11.8 Å². The number of unbranched alkanes of at least 4 members (excludes halogenated alkanes) is 1. The summed E-state index contributed by atoms with van der Waals surface area (Å²) in [5.74, 6) is 1.62. The zero-order valence-electron chi connectivity index (χ0n) is 9.74. The van der Waals surface area contributed by atoms with Crippen LogP contribution in [0.15, 0.2) is 36.4 Å². The van der Waals surface area contributed by atoms with Crippen LogP contribution in [-0.4, -0.2) is 0 Å². The van der Waals surface area contributed by atoms with E-state index in [1.165, 1.54) is 30.4 Å². The molecular weight excluding hydrogens is 180 g/mol. The van der Waals surface area contributed by atoms with Gasteiger partial charge in [0.15, 0.2) is 0 Å². The summed E-state index contributed by atoms with van der Waals surface area (Å²) in [6, 6.07) is 9.02. The van der Waals surface area contributed by atoms with Crippen molar-refractivity contribution < 1.29 is 0 Å². The fourth-order valence-corrected chi connectivity index (χ4v) is 2.06. The lowest BCUT2D eigenvalue weighted by atomic mass is 10.1. The maximum atomic E-state index is 2.41. The standard InChI is InChI=1S/C15H20/c1-3-4-5-6-14-11-15(14)13-9-7-12(2)8-10-13/h5-10,14-15H,3-4,11H2,1-2H3/b6-5+/t14-,15-/m0/s1. The third-order valence-electron chi connectivity index (χ3n) is 3.18. The summed E-state index contributed by atoms with van der Waals surface area (Å²) >= 11 is 0. The van der Waals surface area contributed by atoms with Crippen molar-refractivity contribution in [1.29, 1.82) is 0 Å². The van der Waals surface area contributed by atoms with Gasteiger partial charge in [-0.05, 0) is 37.2 Å². The average molecular weight is 200 g/mol. The van der Waals surface area contributed by atoms with Gasteiger partial charge in [0.2, 0.25) is 0 Å². The molecule has 0 aliphatic heterocycles. The summed E-state index contributed by atoms with van der Waals surface area (Å²) in [5.41, 5.74) is 2.88. The Morgan fingerprint density at radius 1 is 1.27 bits per heavy atom. The minimum Gasteiger partial charge on any atom is -0.0882 e. The van der Waals surface area contributed by atoms with Crippen molar-refractivity contribution in [1.82, 2.24) is 0 Å². The first-order chi connectivity index (χ1) is 7.31. The molecule has 0 bridgehead atoms. The number of hydrogen-bond donors (Lipinski definition) is 0. The Labute approximate surface area is 93.0 Å². The molecule has 2 atom stereocenters. The molecule has 0 nitrogen and oxygen atoms in total. The van der Waals surface area contributed by atoms with Crippen LogP contribution in [-0.2, 0) is 0 Å². The molecule has 1 saturated carbocycles. The number of rotatable bonds is 4. The van der Waals surface area contributed by atoms with Gasteiger partial charge in [0.1, 0.15) is 0 Å². The van der Waals surface area contributed by atoms with E-state index in [1.807, 2.05) is 0 Å². The number of hydrogen-bond acceptors (Lipinski definition) is 0. The zero-order chi connectivity index (χ0) is 10.7. The van der Waals surface area contributed by atoms with E-state index in [0.29, 0.717) is 0 Å². The Kier molecular flexibility index (Phi) is 3.25. The molecule has 1 aliphatic rings. The van der Waals surface area contributed by atoms with Crippen molar-refractivity contribution in [2.75, 3.05) is 0 Å². The van der Waals surface area contributed by atoms with E-state index in [1.54, 1.807) is 0 Å². The van der Waals surface area contributed by atoms with E-state index < -0.39 is 0 Å². The van der Waals surface area contributed by atoms with Gasteiger partial charge in [-0.25, -0.2) is 0 Å². The van der Waals surface area contributed by atoms with Gasteiger partial charge < -0.3 is 0 Å². The van der Waals surface area contributed by atoms with Gasteiger partial charge in [0, 0.05) is 0 Å². The largest absolute Gasteiger partial charge is 0.0882 e. The summed E-state index contributed by atoms with van der Waals surface area (Å²) < 4.78 is 0. The maximum absolute atomic E-state index is 2.41. The van der Waals surface area contributed by atoms with Gasteiger partial charge >= 0.3 is 0 Å². The average Bonchev–Trinajstić information content (AvgIpc) is 2.99. The van der Waals surface area contributed by atoms with E-state index in [4.69, 9.17) is 0 Å². The topological polar surface area (TPSA) is 0 Å². The Morgan fingerprint density at radius 3 is 2.67 bits per heavy atom. The van der Waals surface area contributed by atoms with E-state index in [-0.39, 0.29) is 0 Å². The molecule has 0 radical (unpaired) electrons. The molecule has 2 rings (SSSR count). The number of benzene rings is 1. The Hall–Kier alpha value is -1.04. The maximum Gasteiger partial charge on any atom is -0.00930 e. The molecule has 0 heteroatoms. The van der Waals surface area contributed by atoms with Crippen molar-refractivity contribution in [3.8, 4) is 0 Å². The molecule has 1 aromatic rings. The van der Waals surface area contributed by atoms with Crippen LogP contribution >= 0.6 is 0 Å². The third kappa shape index (κ3) is 2.71. The molecule has 0 unspecified atom stereocenters. The highest BCUT2D eigenvalue weighted by Crippen LogP contribution is 2.48. The SMILES string of the molecule is CCC/C=C/[C@H]1C[C@H]1c1ccc(C)cc1. The molecule has 0 spiro atoms. The summed E-state index contributed by atoms with van der Waals surface area (Å²) in [4.78, 5) is 0. The first kappa shape index (κ1) is 10.5. The molecule has 1 aromatic carbocycles. The van der Waals surface area contributed by atoms with Gasteiger partial charge in [-0.1, -0.05) is 55.3 Å². The van der Waals surface area contributed by atoms with E-state index in [2.05, 4.69) is 50.3 Å². The Balaban J connectivity index is 1.90. The van der Waals surface area contributed by atoms with Crippen LogP contribution in [0.4, 0.5) is 0 Å². The van der Waals surface area contributed by atoms with Gasteiger partial charge in [-0.3, -0.25) is 0 Å². The van der Waals surface area contributed by atoms with Crippen LogP contribution in [0.2, 0.25) is 0 Å². The Morgan fingerprint density at radius 2 is 2.00 bits per heavy atom. The highest BCUT2D eigenvalue weighted by Gasteiger charge is 2.35. The molecule has 0 aromatic heterocycles. The fourth-order valence-electron chi connectivity index (χ4n) is 2.06. The zero-order valence-corrected chi connectivity index (χ0v) is 9.74. The quantitative estimate of drug-likeness (QED) is 0.630. The predicted octanol–water partition coefficient (Wildman–Crippen LogP) is 4.45. The van der Waals surface area contributed by atoms with Gasteiger partial charge in [0.25, 0.3) is 0 Å². The number of allylic oxidation sites excluding steroid dienone is 2. The second-order valence-electron chi connectivity index (χ2n) is 4.63. The van der Waals surface area contributed by atoms with Crippen LogP contribution < -0.4 is 0 Å². The van der Waals surface area contributed by atoms with Gasteiger partial charge in [-0.2, -0.15) is 0 Å². The second kappa shape index (κ2) is 4.65. The molecule has 80 valence electrons. The minimum absolute atomic E-state index is 0.804. The minimum atomic E-state index is 0.804. The molecule has 1 aliphatic carbocycles. The lowest BCUT2D eigenvalue weighted by molar-refractivity contribution is 0.935. The van der Waals surface area contributed by atoms with Crippen LogP contribution in [0.3, 0.4) is 0 Å². The molecule has 0 heterocycles.